The average Bonchev–Trinajstić information content (AvgIpc) is 2.93. The van der Waals surface area contributed by atoms with Crippen molar-refractivity contribution in [3.8, 4) is 0 Å². The second kappa shape index (κ2) is 8.89. The van der Waals surface area contributed by atoms with E-state index in [1.807, 2.05) is 30.3 Å². The number of nitrogens with one attached hydrogen (secondary N) is 1. The largest absolute Gasteiger partial charge is 0.445 e. The number of rotatable bonds is 5. The van der Waals surface area contributed by atoms with E-state index < -0.39 is 23.9 Å². The molecule has 7 nitrogen and oxygen atoms in total. The van der Waals surface area contributed by atoms with Crippen molar-refractivity contribution in [2.24, 2.45) is 0 Å². The van der Waals surface area contributed by atoms with Crippen LogP contribution < -0.4 is 5.32 Å². The molecule has 1 aromatic rings. The van der Waals surface area contributed by atoms with Gasteiger partial charge in [-0.3, -0.25) is 0 Å². The van der Waals surface area contributed by atoms with E-state index in [4.69, 9.17) is 9.47 Å². The number of β-amino-alcohol motifs (C(OH)–C–C–N with tert-alkyl or cyclic N) is 1. The fourth-order valence-electron chi connectivity index (χ4n) is 2.82. The molecule has 1 aromatic carbocycles. The van der Waals surface area contributed by atoms with Gasteiger partial charge < -0.3 is 24.8 Å². The minimum Gasteiger partial charge on any atom is -0.445 e. The Kier molecular flexibility index (Phi) is 6.85. The molecule has 0 saturated carbocycles. The lowest BCUT2D eigenvalue weighted by Crippen LogP contribution is -2.41. The molecule has 2 unspecified atom stereocenters. The summed E-state index contributed by atoms with van der Waals surface area (Å²) in [5, 5.41) is 12.6. The Labute approximate surface area is 154 Å². The highest BCUT2D eigenvalue weighted by atomic mass is 16.6. The first kappa shape index (κ1) is 20.0. The Morgan fingerprint density at radius 1 is 1.27 bits per heavy atom. The molecule has 0 bridgehead atoms. The van der Waals surface area contributed by atoms with Crippen molar-refractivity contribution in [1.82, 2.24) is 10.2 Å². The first-order chi connectivity index (χ1) is 12.2. The van der Waals surface area contributed by atoms with Crippen molar-refractivity contribution in [3.05, 3.63) is 35.9 Å². The Balaban J connectivity index is 1.74. The van der Waals surface area contributed by atoms with Crippen molar-refractivity contribution < 1.29 is 24.2 Å². The van der Waals surface area contributed by atoms with E-state index in [0.717, 1.165) is 5.56 Å². The highest BCUT2D eigenvalue weighted by Crippen LogP contribution is 2.23. The zero-order valence-electron chi connectivity index (χ0n) is 15.6. The number of carbonyl (C=O) groups excluding carboxylic acids is 2. The van der Waals surface area contributed by atoms with Gasteiger partial charge in [-0.05, 0) is 39.2 Å². The molecule has 0 aliphatic carbocycles. The number of benzene rings is 1. The van der Waals surface area contributed by atoms with Gasteiger partial charge in [-0.15, -0.1) is 0 Å². The zero-order chi connectivity index (χ0) is 19.2. The third-order valence-corrected chi connectivity index (χ3v) is 3.98. The van der Waals surface area contributed by atoms with Gasteiger partial charge >= 0.3 is 12.2 Å². The van der Waals surface area contributed by atoms with Gasteiger partial charge in [0.15, 0.2) is 0 Å². The summed E-state index contributed by atoms with van der Waals surface area (Å²) >= 11 is 0. The van der Waals surface area contributed by atoms with Crippen LogP contribution in [0.2, 0.25) is 0 Å². The molecule has 26 heavy (non-hydrogen) atoms. The summed E-state index contributed by atoms with van der Waals surface area (Å²) in [5.74, 6) is 0. The number of ether oxygens (including phenoxy) is 2. The summed E-state index contributed by atoms with van der Waals surface area (Å²) < 4.78 is 10.5. The topological polar surface area (TPSA) is 88.1 Å². The number of alkyl carbamates (subject to hydrolysis) is 1. The standard InChI is InChI=1S/C19H28N2O5/c1-19(2,3)26-18(24)21-12-16(22)11-15(21)9-10-20-17(23)25-13-14-7-5-4-6-8-14/h4-8,15-16,22H,9-13H2,1-3H3,(H,20,23). The SMILES string of the molecule is CC(C)(C)OC(=O)N1CC(O)CC1CCNC(=O)OCc1ccccc1. The lowest BCUT2D eigenvalue weighted by Gasteiger charge is -2.28. The van der Waals surface area contributed by atoms with Gasteiger partial charge in [0.1, 0.15) is 12.2 Å². The average molecular weight is 364 g/mol. The number of carbonyl (C=O) groups is 2. The second-order valence-corrected chi connectivity index (χ2v) is 7.45. The van der Waals surface area contributed by atoms with E-state index in [1.54, 1.807) is 20.8 Å². The molecule has 0 radical (unpaired) electrons. The van der Waals surface area contributed by atoms with Crippen molar-refractivity contribution in [2.75, 3.05) is 13.1 Å². The molecule has 1 aliphatic rings. The van der Waals surface area contributed by atoms with Crippen LogP contribution in [0.1, 0.15) is 39.2 Å². The van der Waals surface area contributed by atoms with E-state index in [1.165, 1.54) is 4.90 Å². The number of aliphatic hydroxyl groups is 1. The summed E-state index contributed by atoms with van der Waals surface area (Å²) in [6, 6.07) is 9.25. The molecule has 1 aliphatic heterocycles. The molecule has 2 atom stereocenters. The van der Waals surface area contributed by atoms with Crippen LogP contribution in [0, 0.1) is 0 Å². The predicted molar refractivity (Wildman–Crippen MR) is 96.6 cm³/mol. The number of aliphatic hydroxyl groups excluding tert-OH is 1. The number of amides is 2. The summed E-state index contributed by atoms with van der Waals surface area (Å²) in [6.07, 6.45) is -0.518. The normalized spacial score (nSPS) is 19.9. The molecular formula is C19H28N2O5. The summed E-state index contributed by atoms with van der Waals surface area (Å²) in [6.45, 7) is 6.21. The van der Waals surface area contributed by atoms with E-state index in [2.05, 4.69) is 5.32 Å². The highest BCUT2D eigenvalue weighted by Gasteiger charge is 2.36. The molecular weight excluding hydrogens is 336 g/mol. The first-order valence-corrected chi connectivity index (χ1v) is 8.87. The fraction of sp³-hybridized carbons (Fsp3) is 0.579. The lowest BCUT2D eigenvalue weighted by atomic mass is 10.1. The molecule has 2 N–H and O–H groups in total. The van der Waals surface area contributed by atoms with Gasteiger partial charge in [-0.25, -0.2) is 9.59 Å². The van der Waals surface area contributed by atoms with Crippen molar-refractivity contribution in [3.63, 3.8) is 0 Å². The summed E-state index contributed by atoms with van der Waals surface area (Å²) in [4.78, 5) is 25.6. The van der Waals surface area contributed by atoms with Crippen molar-refractivity contribution in [1.29, 1.82) is 0 Å². The number of hydrogen-bond acceptors (Lipinski definition) is 5. The minimum atomic E-state index is -0.589. The Hall–Kier alpha value is -2.28. The molecule has 2 rings (SSSR count). The maximum atomic E-state index is 12.3. The van der Waals surface area contributed by atoms with Crippen LogP contribution in [0.5, 0.6) is 0 Å². The quantitative estimate of drug-likeness (QED) is 0.839. The first-order valence-electron chi connectivity index (χ1n) is 8.87. The highest BCUT2D eigenvalue weighted by molar-refractivity contribution is 5.69. The van der Waals surface area contributed by atoms with Crippen LogP contribution >= 0.6 is 0 Å². The van der Waals surface area contributed by atoms with Gasteiger partial charge in [-0.1, -0.05) is 30.3 Å². The molecule has 1 saturated heterocycles. The maximum Gasteiger partial charge on any atom is 0.410 e. The second-order valence-electron chi connectivity index (χ2n) is 7.45. The van der Waals surface area contributed by atoms with Gasteiger partial charge in [-0.2, -0.15) is 0 Å². The molecule has 144 valence electrons. The van der Waals surface area contributed by atoms with Gasteiger partial charge in [0, 0.05) is 12.6 Å². The fourth-order valence-corrected chi connectivity index (χ4v) is 2.82. The van der Waals surface area contributed by atoms with E-state index in [0.29, 0.717) is 19.4 Å². The molecule has 7 heteroatoms. The van der Waals surface area contributed by atoms with Gasteiger partial charge in [0.2, 0.25) is 0 Å². The van der Waals surface area contributed by atoms with Crippen LogP contribution in [-0.2, 0) is 16.1 Å². The summed E-state index contributed by atoms with van der Waals surface area (Å²) in [7, 11) is 0. The molecule has 0 aromatic heterocycles. The van der Waals surface area contributed by atoms with Crippen molar-refractivity contribution in [2.45, 2.75) is 58.0 Å². The third kappa shape index (κ3) is 6.55. The van der Waals surface area contributed by atoms with E-state index >= 15 is 0 Å². The smallest absolute Gasteiger partial charge is 0.410 e. The lowest BCUT2D eigenvalue weighted by molar-refractivity contribution is 0.0203. The van der Waals surface area contributed by atoms with Crippen LogP contribution in [0.15, 0.2) is 30.3 Å². The summed E-state index contributed by atoms with van der Waals surface area (Å²) in [5.41, 5.74) is 0.326. The molecule has 1 fully saturated rings. The number of nitrogens with zero attached hydrogens (tertiary/aromatic N) is 1. The maximum absolute atomic E-state index is 12.3. The Morgan fingerprint density at radius 2 is 1.96 bits per heavy atom. The number of likely N-dealkylation sites (tertiary alicyclic amines) is 1. The Bertz CT molecular complexity index is 600. The molecule has 2 amide bonds. The zero-order valence-corrected chi connectivity index (χ0v) is 15.6. The monoisotopic (exact) mass is 364 g/mol. The van der Waals surface area contributed by atoms with Crippen LogP contribution in [0.3, 0.4) is 0 Å². The third-order valence-electron chi connectivity index (χ3n) is 3.98. The predicted octanol–water partition coefficient (Wildman–Crippen LogP) is 2.67. The van der Waals surface area contributed by atoms with Gasteiger partial charge in [0.05, 0.1) is 12.6 Å². The van der Waals surface area contributed by atoms with Crippen LogP contribution in [0.4, 0.5) is 9.59 Å². The van der Waals surface area contributed by atoms with Crippen LogP contribution in [0.25, 0.3) is 0 Å². The Morgan fingerprint density at radius 3 is 2.62 bits per heavy atom. The van der Waals surface area contributed by atoms with Crippen LogP contribution in [-0.4, -0.2) is 53.0 Å². The molecule has 1 heterocycles. The minimum absolute atomic E-state index is 0.172. The van der Waals surface area contributed by atoms with Gasteiger partial charge in [0.25, 0.3) is 0 Å². The van der Waals surface area contributed by atoms with E-state index in [-0.39, 0.29) is 19.2 Å². The molecule has 0 spiro atoms. The van der Waals surface area contributed by atoms with E-state index in [9.17, 15) is 14.7 Å². The number of hydrogen-bond donors (Lipinski definition) is 2. The van der Waals surface area contributed by atoms with Crippen molar-refractivity contribution >= 4 is 12.2 Å².